The van der Waals surface area contributed by atoms with E-state index in [4.69, 9.17) is 9.72 Å². The number of hydrogen-bond donors (Lipinski definition) is 0. The van der Waals surface area contributed by atoms with Gasteiger partial charge in [0.1, 0.15) is 9.53 Å². The maximum Gasteiger partial charge on any atom is 0.271 e. The van der Waals surface area contributed by atoms with Crippen molar-refractivity contribution in [2.45, 2.75) is 45.4 Å². The molecule has 0 spiro atoms. The second-order valence-electron chi connectivity index (χ2n) is 7.66. The molecule has 0 aliphatic carbocycles. The lowest BCUT2D eigenvalue weighted by atomic mass is 9.91. The number of aromatic nitrogens is 3. The van der Waals surface area contributed by atoms with E-state index in [1.165, 1.54) is 11.3 Å². The molecule has 0 saturated heterocycles. The molecule has 0 radical (unpaired) electrons. The van der Waals surface area contributed by atoms with Crippen molar-refractivity contribution in [1.29, 1.82) is 0 Å². The monoisotopic (exact) mass is 391 g/mol. The van der Waals surface area contributed by atoms with Gasteiger partial charge in [-0.3, -0.25) is 9.36 Å². The van der Waals surface area contributed by atoms with Crippen LogP contribution < -0.4 is 5.56 Å². The molecule has 0 fully saturated rings. The van der Waals surface area contributed by atoms with Crippen molar-refractivity contribution in [3.05, 3.63) is 69.9 Å². The second-order valence-corrected chi connectivity index (χ2v) is 8.66. The quantitative estimate of drug-likeness (QED) is 0.523. The summed E-state index contributed by atoms with van der Waals surface area (Å²) in [5, 5.41) is 0.950. The Hall–Kier alpha value is -2.57. The Balaban J connectivity index is 1.62. The number of pyridine rings is 1. The minimum Gasteiger partial charge on any atom is -0.370 e. The van der Waals surface area contributed by atoms with Gasteiger partial charge in [0.15, 0.2) is 0 Å². The van der Waals surface area contributed by atoms with Gasteiger partial charge >= 0.3 is 0 Å². The molecule has 28 heavy (non-hydrogen) atoms. The molecule has 0 bridgehead atoms. The van der Waals surface area contributed by atoms with Gasteiger partial charge in [0.2, 0.25) is 0 Å². The van der Waals surface area contributed by atoms with E-state index in [2.05, 4.69) is 24.9 Å². The lowest BCUT2D eigenvalue weighted by Gasteiger charge is -2.33. The van der Waals surface area contributed by atoms with E-state index in [-0.39, 0.29) is 11.2 Å². The van der Waals surface area contributed by atoms with Crippen LogP contribution in [0.15, 0.2) is 47.5 Å². The molecule has 3 aromatic heterocycles. The summed E-state index contributed by atoms with van der Waals surface area (Å²) in [6.07, 6.45) is 3.40. The first-order chi connectivity index (χ1) is 13.6. The van der Waals surface area contributed by atoms with Crippen LogP contribution in [-0.4, -0.2) is 20.1 Å². The molecule has 5 rings (SSSR count). The van der Waals surface area contributed by atoms with E-state index in [0.29, 0.717) is 17.9 Å². The van der Waals surface area contributed by atoms with E-state index < -0.39 is 0 Å². The van der Waals surface area contributed by atoms with Crippen LogP contribution in [0.5, 0.6) is 0 Å². The fourth-order valence-electron chi connectivity index (χ4n) is 3.73. The highest BCUT2D eigenvalue weighted by atomic mass is 32.1. The highest BCUT2D eigenvalue weighted by Gasteiger charge is 2.30. The van der Waals surface area contributed by atoms with Gasteiger partial charge in [-0.2, -0.15) is 0 Å². The Labute approximate surface area is 166 Å². The smallest absolute Gasteiger partial charge is 0.271 e. The first kappa shape index (κ1) is 17.5. The van der Waals surface area contributed by atoms with Crippen LogP contribution in [0.2, 0.25) is 0 Å². The van der Waals surface area contributed by atoms with Crippen LogP contribution in [0, 0.1) is 0 Å². The first-order valence-electron chi connectivity index (χ1n) is 9.55. The van der Waals surface area contributed by atoms with Crippen LogP contribution >= 0.6 is 11.3 Å². The molecule has 1 aliphatic rings. The maximum atomic E-state index is 13.1. The standard InChI is InChI=1S/C22H21N3O2S/c1-3-22(2)10-17-15(12-27-22)9-16-18-19(28-20(16)24-17)21(26)25(13-23-18)11-14-7-5-4-6-8-14/h4-9,13H,3,10-12H2,1-2H3/t22-/m1/s1. The molecule has 0 N–H and O–H groups in total. The minimum absolute atomic E-state index is 0.00975. The summed E-state index contributed by atoms with van der Waals surface area (Å²) in [6.45, 7) is 5.35. The summed E-state index contributed by atoms with van der Waals surface area (Å²) in [6, 6.07) is 12.1. The average Bonchev–Trinajstić information content (AvgIpc) is 3.07. The number of ether oxygens (including phenoxy) is 1. The van der Waals surface area contributed by atoms with Crippen LogP contribution in [0.1, 0.15) is 37.1 Å². The first-order valence-corrected chi connectivity index (χ1v) is 10.4. The molecule has 4 heterocycles. The third-order valence-electron chi connectivity index (χ3n) is 5.67. The fraction of sp³-hybridized carbons (Fsp3) is 0.318. The van der Waals surface area contributed by atoms with Gasteiger partial charge in [0.05, 0.1) is 36.3 Å². The summed E-state index contributed by atoms with van der Waals surface area (Å²) < 4.78 is 8.40. The topological polar surface area (TPSA) is 57.0 Å². The van der Waals surface area contributed by atoms with Crippen LogP contribution in [0.4, 0.5) is 0 Å². The SMILES string of the molecule is CC[C@]1(C)Cc2nc3sc4c(=O)n(Cc5ccccc5)cnc4c3cc2CO1. The van der Waals surface area contributed by atoms with Gasteiger partial charge in [0, 0.05) is 17.4 Å². The zero-order valence-corrected chi connectivity index (χ0v) is 16.8. The highest BCUT2D eigenvalue weighted by molar-refractivity contribution is 7.25. The Morgan fingerprint density at radius 1 is 1.29 bits per heavy atom. The molecular formula is C22H21N3O2S. The molecule has 0 saturated carbocycles. The lowest BCUT2D eigenvalue weighted by Crippen LogP contribution is -2.35. The zero-order chi connectivity index (χ0) is 19.3. The van der Waals surface area contributed by atoms with Gasteiger partial charge in [-0.25, -0.2) is 9.97 Å². The lowest BCUT2D eigenvalue weighted by molar-refractivity contribution is -0.0573. The summed E-state index contributed by atoms with van der Waals surface area (Å²) in [4.78, 5) is 23.5. The molecule has 6 heteroatoms. The third-order valence-corrected chi connectivity index (χ3v) is 6.74. The van der Waals surface area contributed by atoms with Crippen molar-refractivity contribution >= 4 is 31.8 Å². The largest absolute Gasteiger partial charge is 0.370 e. The Morgan fingerprint density at radius 2 is 2.11 bits per heavy atom. The normalized spacial score (nSPS) is 19.2. The van der Waals surface area contributed by atoms with Crippen molar-refractivity contribution in [2.75, 3.05) is 0 Å². The number of benzene rings is 1. The average molecular weight is 391 g/mol. The van der Waals surface area contributed by atoms with E-state index in [1.807, 2.05) is 30.3 Å². The fourth-order valence-corrected chi connectivity index (χ4v) is 4.81. The van der Waals surface area contributed by atoms with Crippen LogP contribution in [0.25, 0.3) is 20.4 Å². The molecule has 0 unspecified atom stereocenters. The predicted octanol–water partition coefficient (Wildman–Crippen LogP) is 4.30. The van der Waals surface area contributed by atoms with Crippen molar-refractivity contribution in [3.63, 3.8) is 0 Å². The van der Waals surface area contributed by atoms with E-state index >= 15 is 0 Å². The van der Waals surface area contributed by atoms with Crippen LogP contribution in [0.3, 0.4) is 0 Å². The molecule has 1 atom stereocenters. The number of fused-ring (bicyclic) bond motifs is 4. The van der Waals surface area contributed by atoms with Gasteiger partial charge in [-0.05, 0) is 25.0 Å². The third kappa shape index (κ3) is 2.84. The summed E-state index contributed by atoms with van der Waals surface area (Å²) in [5.74, 6) is 0. The predicted molar refractivity (Wildman–Crippen MR) is 112 cm³/mol. The molecular weight excluding hydrogens is 370 g/mol. The summed E-state index contributed by atoms with van der Waals surface area (Å²) in [7, 11) is 0. The summed E-state index contributed by atoms with van der Waals surface area (Å²) in [5.41, 5.74) is 3.84. The molecule has 142 valence electrons. The highest BCUT2D eigenvalue weighted by Crippen LogP contribution is 2.35. The maximum absolute atomic E-state index is 13.1. The second kappa shape index (κ2) is 6.50. The Bertz CT molecular complexity index is 1250. The molecule has 5 nitrogen and oxygen atoms in total. The van der Waals surface area contributed by atoms with E-state index in [1.54, 1.807) is 10.9 Å². The summed E-state index contributed by atoms with van der Waals surface area (Å²) >= 11 is 1.45. The molecule has 1 aromatic carbocycles. The molecule has 1 aliphatic heterocycles. The molecule has 0 amide bonds. The van der Waals surface area contributed by atoms with Gasteiger partial charge in [0.25, 0.3) is 5.56 Å². The minimum atomic E-state index is -0.162. The van der Waals surface area contributed by atoms with Crippen molar-refractivity contribution < 1.29 is 4.74 Å². The zero-order valence-electron chi connectivity index (χ0n) is 15.9. The number of rotatable bonds is 3. The Morgan fingerprint density at radius 3 is 2.89 bits per heavy atom. The number of thiophene rings is 1. The van der Waals surface area contributed by atoms with Gasteiger partial charge in [-0.15, -0.1) is 11.3 Å². The molecule has 4 aromatic rings. The van der Waals surface area contributed by atoms with Crippen molar-refractivity contribution in [1.82, 2.24) is 14.5 Å². The van der Waals surface area contributed by atoms with E-state index in [9.17, 15) is 4.79 Å². The van der Waals surface area contributed by atoms with Crippen LogP contribution in [-0.2, 0) is 24.3 Å². The Kier molecular flexibility index (Phi) is 4.07. The number of hydrogen-bond acceptors (Lipinski definition) is 5. The van der Waals surface area contributed by atoms with Gasteiger partial charge in [-0.1, -0.05) is 37.3 Å². The van der Waals surface area contributed by atoms with Gasteiger partial charge < -0.3 is 4.74 Å². The number of nitrogens with zero attached hydrogens (tertiary/aromatic N) is 3. The van der Waals surface area contributed by atoms with Crippen molar-refractivity contribution in [2.24, 2.45) is 0 Å². The van der Waals surface area contributed by atoms with E-state index in [0.717, 1.165) is 45.4 Å². The van der Waals surface area contributed by atoms with Crippen molar-refractivity contribution in [3.8, 4) is 0 Å².